The molecule has 1 aromatic heterocycles. The van der Waals surface area contributed by atoms with Gasteiger partial charge in [-0.1, -0.05) is 0 Å². The zero-order valence-electron chi connectivity index (χ0n) is 10.1. The van der Waals surface area contributed by atoms with E-state index in [1.165, 1.54) is 18.5 Å². The summed E-state index contributed by atoms with van der Waals surface area (Å²) >= 11 is 1.65. The second kappa shape index (κ2) is 5.77. The number of halogens is 1. The van der Waals surface area contributed by atoms with Crippen LogP contribution in [0.2, 0.25) is 0 Å². The van der Waals surface area contributed by atoms with Gasteiger partial charge in [-0.2, -0.15) is 16.7 Å². The van der Waals surface area contributed by atoms with Crippen molar-refractivity contribution in [2.75, 3.05) is 11.6 Å². The molecule has 2 aromatic rings. The lowest BCUT2D eigenvalue weighted by Gasteiger charge is -2.07. The van der Waals surface area contributed by atoms with E-state index in [1.807, 2.05) is 12.3 Å². The van der Waals surface area contributed by atoms with Crippen molar-refractivity contribution in [3.63, 3.8) is 0 Å². The third-order valence-corrected chi connectivity index (χ3v) is 2.84. The summed E-state index contributed by atoms with van der Waals surface area (Å²) < 4.78 is 13.4. The van der Waals surface area contributed by atoms with Crippen LogP contribution in [-0.4, -0.2) is 21.2 Å². The minimum Gasteiger partial charge on any atom is -0.324 e. The van der Waals surface area contributed by atoms with E-state index in [2.05, 4.69) is 20.3 Å². The van der Waals surface area contributed by atoms with Crippen LogP contribution >= 0.6 is 11.8 Å². The van der Waals surface area contributed by atoms with Gasteiger partial charge in [0.05, 0.1) is 0 Å². The Bertz CT molecular complexity index is 547. The van der Waals surface area contributed by atoms with Gasteiger partial charge in [0.15, 0.2) is 0 Å². The molecule has 0 aliphatic rings. The average Bonchev–Trinajstić information content (AvgIpc) is 2.28. The summed E-state index contributed by atoms with van der Waals surface area (Å²) in [5.74, 6) is 1.54. The van der Waals surface area contributed by atoms with Gasteiger partial charge >= 0.3 is 0 Å². The normalized spacial score (nSPS) is 10.4. The molecule has 6 heteroatoms. The standard InChI is InChI=1S/C12H13FN4S/c1-8-14-7-15-12(16-8)17-11-4-9(6-18-2)3-10(13)5-11/h3-5,7H,6H2,1-2H3,(H,14,15,16,17). The third-order valence-electron chi connectivity index (χ3n) is 2.22. The van der Waals surface area contributed by atoms with E-state index in [1.54, 1.807) is 18.7 Å². The van der Waals surface area contributed by atoms with E-state index in [-0.39, 0.29) is 5.82 Å². The Morgan fingerprint density at radius 1 is 1.28 bits per heavy atom. The fraction of sp³-hybridized carbons (Fsp3) is 0.250. The molecular weight excluding hydrogens is 251 g/mol. The van der Waals surface area contributed by atoms with E-state index in [9.17, 15) is 4.39 Å². The average molecular weight is 264 g/mol. The number of anilines is 2. The van der Waals surface area contributed by atoms with Crippen molar-refractivity contribution in [3.8, 4) is 0 Å². The lowest BCUT2D eigenvalue weighted by Crippen LogP contribution is -2.00. The van der Waals surface area contributed by atoms with Crippen molar-refractivity contribution in [1.29, 1.82) is 0 Å². The fourth-order valence-corrected chi connectivity index (χ4v) is 2.04. The Hall–Kier alpha value is -1.69. The smallest absolute Gasteiger partial charge is 0.230 e. The summed E-state index contributed by atoms with van der Waals surface area (Å²) in [7, 11) is 0. The molecule has 2 rings (SSSR count). The van der Waals surface area contributed by atoms with Crippen LogP contribution in [-0.2, 0) is 5.75 Å². The zero-order chi connectivity index (χ0) is 13.0. The van der Waals surface area contributed by atoms with Crippen molar-refractivity contribution in [3.05, 3.63) is 41.7 Å². The number of nitrogens with one attached hydrogen (secondary N) is 1. The molecule has 1 aromatic carbocycles. The van der Waals surface area contributed by atoms with Gasteiger partial charge in [-0.25, -0.2) is 14.4 Å². The van der Waals surface area contributed by atoms with Gasteiger partial charge < -0.3 is 5.32 Å². The third kappa shape index (κ3) is 3.40. The number of aromatic nitrogens is 3. The largest absolute Gasteiger partial charge is 0.324 e. The molecule has 4 nitrogen and oxygen atoms in total. The molecule has 0 radical (unpaired) electrons. The summed E-state index contributed by atoms with van der Waals surface area (Å²) in [6, 6.07) is 4.84. The first-order valence-corrected chi connectivity index (χ1v) is 6.78. The molecule has 0 bridgehead atoms. The van der Waals surface area contributed by atoms with E-state index < -0.39 is 0 Å². The van der Waals surface area contributed by atoms with Crippen molar-refractivity contribution < 1.29 is 4.39 Å². The molecule has 1 heterocycles. The summed E-state index contributed by atoms with van der Waals surface area (Å²) in [4.78, 5) is 12.0. The van der Waals surface area contributed by atoms with Gasteiger partial charge in [-0.3, -0.25) is 0 Å². The Balaban J connectivity index is 2.23. The molecule has 0 saturated carbocycles. The summed E-state index contributed by atoms with van der Waals surface area (Å²) in [5, 5.41) is 2.97. The van der Waals surface area contributed by atoms with E-state index in [0.29, 0.717) is 17.5 Å². The van der Waals surface area contributed by atoms with E-state index in [0.717, 1.165) is 11.3 Å². The summed E-state index contributed by atoms with van der Waals surface area (Å²) in [6.07, 6.45) is 3.40. The molecule has 18 heavy (non-hydrogen) atoms. The highest BCUT2D eigenvalue weighted by molar-refractivity contribution is 7.97. The molecule has 0 aliphatic carbocycles. The highest BCUT2D eigenvalue weighted by Gasteiger charge is 2.03. The van der Waals surface area contributed by atoms with Gasteiger partial charge in [-0.05, 0) is 36.9 Å². The molecule has 1 N–H and O–H groups in total. The van der Waals surface area contributed by atoms with Gasteiger partial charge in [0.25, 0.3) is 0 Å². The maximum atomic E-state index is 13.4. The monoisotopic (exact) mass is 264 g/mol. The van der Waals surface area contributed by atoms with Crippen LogP contribution in [0.1, 0.15) is 11.4 Å². The number of benzene rings is 1. The second-order valence-corrected chi connectivity index (χ2v) is 4.63. The maximum Gasteiger partial charge on any atom is 0.230 e. The predicted octanol–water partition coefficient (Wildman–Crippen LogP) is 2.93. The van der Waals surface area contributed by atoms with Crippen LogP contribution in [0.3, 0.4) is 0 Å². The van der Waals surface area contributed by atoms with Gasteiger partial charge in [0, 0.05) is 11.4 Å². The fourth-order valence-electron chi connectivity index (χ4n) is 1.54. The van der Waals surface area contributed by atoms with Crippen molar-refractivity contribution >= 4 is 23.4 Å². The summed E-state index contributed by atoms with van der Waals surface area (Å²) in [5.41, 5.74) is 1.57. The first kappa shape index (κ1) is 12.8. The van der Waals surface area contributed by atoms with Crippen LogP contribution in [0, 0.1) is 12.7 Å². The topological polar surface area (TPSA) is 50.7 Å². The molecule has 0 amide bonds. The van der Waals surface area contributed by atoms with Crippen molar-refractivity contribution in [1.82, 2.24) is 15.0 Å². The number of rotatable bonds is 4. The first-order valence-electron chi connectivity index (χ1n) is 5.38. The summed E-state index contributed by atoms with van der Waals surface area (Å²) in [6.45, 7) is 1.78. The maximum absolute atomic E-state index is 13.4. The van der Waals surface area contributed by atoms with Crippen LogP contribution in [0.5, 0.6) is 0 Å². The number of hydrogen-bond acceptors (Lipinski definition) is 5. The molecule has 0 fully saturated rings. The molecule has 0 spiro atoms. The lowest BCUT2D eigenvalue weighted by atomic mass is 10.2. The van der Waals surface area contributed by atoms with Crippen LogP contribution in [0.4, 0.5) is 16.0 Å². The van der Waals surface area contributed by atoms with Gasteiger partial charge in [0.2, 0.25) is 5.95 Å². The van der Waals surface area contributed by atoms with E-state index in [4.69, 9.17) is 0 Å². The Morgan fingerprint density at radius 3 is 2.83 bits per heavy atom. The first-order chi connectivity index (χ1) is 8.67. The van der Waals surface area contributed by atoms with E-state index >= 15 is 0 Å². The lowest BCUT2D eigenvalue weighted by molar-refractivity contribution is 0.627. The van der Waals surface area contributed by atoms with Crippen LogP contribution in [0.25, 0.3) is 0 Å². The molecular formula is C12H13FN4S. The second-order valence-electron chi connectivity index (χ2n) is 3.76. The quantitative estimate of drug-likeness (QED) is 0.920. The van der Waals surface area contributed by atoms with Gasteiger partial charge in [0.1, 0.15) is 18.0 Å². The van der Waals surface area contributed by atoms with Crippen LogP contribution in [0.15, 0.2) is 24.5 Å². The van der Waals surface area contributed by atoms with Crippen LogP contribution < -0.4 is 5.32 Å². The van der Waals surface area contributed by atoms with Crippen molar-refractivity contribution in [2.24, 2.45) is 0 Å². The molecule has 0 unspecified atom stereocenters. The molecule has 94 valence electrons. The number of nitrogens with zero attached hydrogens (tertiary/aromatic N) is 3. The highest BCUT2D eigenvalue weighted by Crippen LogP contribution is 2.19. The van der Waals surface area contributed by atoms with Gasteiger partial charge in [-0.15, -0.1) is 0 Å². The number of thioether (sulfide) groups is 1. The number of aryl methyl sites for hydroxylation is 1. The minimum atomic E-state index is -0.269. The molecule has 0 saturated heterocycles. The number of hydrogen-bond donors (Lipinski definition) is 1. The SMILES string of the molecule is CSCc1cc(F)cc(Nc2ncnc(C)n2)c1. The molecule has 0 aliphatic heterocycles. The highest BCUT2D eigenvalue weighted by atomic mass is 32.2. The Kier molecular flexibility index (Phi) is 4.09. The predicted molar refractivity (Wildman–Crippen MR) is 71.5 cm³/mol. The molecule has 0 atom stereocenters. The Morgan fingerprint density at radius 2 is 2.11 bits per heavy atom. The van der Waals surface area contributed by atoms with Crippen molar-refractivity contribution in [2.45, 2.75) is 12.7 Å². The zero-order valence-corrected chi connectivity index (χ0v) is 11.0. The minimum absolute atomic E-state index is 0.269. The Labute approximate surface area is 109 Å².